The van der Waals surface area contributed by atoms with Crippen LogP contribution in [0.1, 0.15) is 18.9 Å². The van der Waals surface area contributed by atoms with Crippen LogP contribution in [0.25, 0.3) is 0 Å². The lowest BCUT2D eigenvalue weighted by Crippen LogP contribution is -2.48. The third-order valence-electron chi connectivity index (χ3n) is 3.40. The van der Waals surface area contributed by atoms with Gasteiger partial charge in [0.05, 0.1) is 18.1 Å². The highest BCUT2D eigenvalue weighted by Crippen LogP contribution is 2.30. The standard InChI is InChI=1S/C14H18FNO4S/c1-3-20-13(17)14(4-5-21(18,19)9-14)16-12-7-10(2)6-11(15)8-12/h6-8,16H,3-5,9H2,1-2H3. The van der Waals surface area contributed by atoms with Crippen LogP contribution >= 0.6 is 0 Å². The second kappa shape index (κ2) is 5.63. The molecule has 0 bridgehead atoms. The van der Waals surface area contributed by atoms with Gasteiger partial charge < -0.3 is 10.1 Å². The largest absolute Gasteiger partial charge is 0.464 e. The Bertz CT molecular complexity index is 639. The molecule has 5 nitrogen and oxygen atoms in total. The van der Waals surface area contributed by atoms with E-state index in [1.807, 2.05) is 0 Å². The van der Waals surface area contributed by atoms with Crippen molar-refractivity contribution in [3.8, 4) is 0 Å². The third kappa shape index (κ3) is 3.53. The first kappa shape index (κ1) is 15.8. The minimum absolute atomic E-state index is 0.0902. The minimum atomic E-state index is -3.31. The predicted octanol–water partition coefficient (Wildman–Crippen LogP) is 1.67. The SMILES string of the molecule is CCOC(=O)C1(Nc2cc(C)cc(F)c2)CCS(=O)(=O)C1. The summed E-state index contributed by atoms with van der Waals surface area (Å²) in [5, 5.41) is 2.88. The van der Waals surface area contributed by atoms with Crippen LogP contribution in [0.5, 0.6) is 0 Å². The molecule has 0 saturated carbocycles. The molecule has 0 spiro atoms. The van der Waals surface area contributed by atoms with Crippen molar-refractivity contribution in [2.24, 2.45) is 0 Å². The zero-order valence-electron chi connectivity index (χ0n) is 12.0. The number of ether oxygens (including phenoxy) is 1. The van der Waals surface area contributed by atoms with Crippen molar-refractivity contribution < 1.29 is 22.3 Å². The highest BCUT2D eigenvalue weighted by atomic mass is 32.2. The van der Waals surface area contributed by atoms with Crippen molar-refractivity contribution in [2.75, 3.05) is 23.4 Å². The van der Waals surface area contributed by atoms with Crippen LogP contribution in [0.3, 0.4) is 0 Å². The Hall–Kier alpha value is -1.63. The summed E-state index contributed by atoms with van der Waals surface area (Å²) < 4.78 is 42.0. The minimum Gasteiger partial charge on any atom is -0.464 e. The van der Waals surface area contributed by atoms with E-state index in [0.717, 1.165) is 0 Å². The molecule has 1 aliphatic heterocycles. The lowest BCUT2D eigenvalue weighted by atomic mass is 9.98. The molecule has 1 aromatic carbocycles. The molecule has 1 heterocycles. The first-order valence-electron chi connectivity index (χ1n) is 6.69. The van der Waals surface area contributed by atoms with E-state index in [-0.39, 0.29) is 24.5 Å². The molecule has 21 heavy (non-hydrogen) atoms. The van der Waals surface area contributed by atoms with Crippen molar-refractivity contribution in [1.82, 2.24) is 0 Å². The van der Waals surface area contributed by atoms with E-state index in [4.69, 9.17) is 4.74 Å². The Kier molecular flexibility index (Phi) is 4.22. The van der Waals surface area contributed by atoms with Gasteiger partial charge in [0.1, 0.15) is 5.82 Å². The summed E-state index contributed by atoms with van der Waals surface area (Å²) >= 11 is 0. The Labute approximate surface area is 123 Å². The summed E-state index contributed by atoms with van der Waals surface area (Å²) in [4.78, 5) is 12.2. The van der Waals surface area contributed by atoms with E-state index in [2.05, 4.69) is 5.32 Å². The van der Waals surface area contributed by atoms with E-state index < -0.39 is 27.2 Å². The number of carbonyl (C=O) groups is 1. The first-order chi connectivity index (χ1) is 9.76. The molecule has 0 aliphatic carbocycles. The zero-order valence-corrected chi connectivity index (χ0v) is 12.8. The normalized spacial score (nSPS) is 23.8. The topological polar surface area (TPSA) is 72.5 Å². The van der Waals surface area contributed by atoms with Gasteiger partial charge in [-0.3, -0.25) is 0 Å². The van der Waals surface area contributed by atoms with Crippen LogP contribution in [0.2, 0.25) is 0 Å². The fraction of sp³-hybridized carbons (Fsp3) is 0.500. The Balaban J connectivity index is 2.35. The van der Waals surface area contributed by atoms with Gasteiger partial charge >= 0.3 is 5.97 Å². The molecule has 2 rings (SSSR count). The summed E-state index contributed by atoms with van der Waals surface area (Å²) in [6.45, 7) is 3.53. The highest BCUT2D eigenvalue weighted by molar-refractivity contribution is 7.91. The molecular formula is C14H18FNO4S. The molecule has 1 aromatic rings. The summed E-state index contributed by atoms with van der Waals surface area (Å²) in [6, 6.07) is 4.25. The van der Waals surface area contributed by atoms with Gasteiger partial charge in [-0.2, -0.15) is 0 Å². The molecule has 0 aromatic heterocycles. The number of rotatable bonds is 4. The molecule has 1 unspecified atom stereocenters. The Morgan fingerprint density at radius 2 is 2.14 bits per heavy atom. The number of carbonyl (C=O) groups excluding carboxylic acids is 1. The van der Waals surface area contributed by atoms with Gasteiger partial charge in [-0.25, -0.2) is 17.6 Å². The number of hydrogen-bond acceptors (Lipinski definition) is 5. The van der Waals surface area contributed by atoms with Crippen LogP contribution in [0.4, 0.5) is 10.1 Å². The number of anilines is 1. The number of halogens is 1. The third-order valence-corrected chi connectivity index (χ3v) is 5.16. The number of hydrogen-bond donors (Lipinski definition) is 1. The van der Waals surface area contributed by atoms with Gasteiger partial charge in [0.2, 0.25) is 0 Å². The monoisotopic (exact) mass is 315 g/mol. The second-order valence-electron chi connectivity index (χ2n) is 5.29. The molecule has 1 N–H and O–H groups in total. The molecule has 1 aliphatic rings. The molecule has 116 valence electrons. The van der Waals surface area contributed by atoms with Crippen LogP contribution in [-0.4, -0.2) is 38.0 Å². The van der Waals surface area contributed by atoms with Crippen LogP contribution < -0.4 is 5.32 Å². The van der Waals surface area contributed by atoms with Crippen LogP contribution in [0, 0.1) is 12.7 Å². The highest BCUT2D eigenvalue weighted by Gasteiger charge is 2.49. The molecule has 0 radical (unpaired) electrons. The lowest BCUT2D eigenvalue weighted by molar-refractivity contribution is -0.147. The van der Waals surface area contributed by atoms with Crippen molar-refractivity contribution in [2.45, 2.75) is 25.8 Å². The number of esters is 1. The Morgan fingerprint density at radius 3 is 2.67 bits per heavy atom. The fourth-order valence-electron chi connectivity index (χ4n) is 2.51. The van der Waals surface area contributed by atoms with E-state index in [9.17, 15) is 17.6 Å². The van der Waals surface area contributed by atoms with Crippen molar-refractivity contribution in [1.29, 1.82) is 0 Å². The molecule has 1 atom stereocenters. The molecule has 0 amide bonds. The summed E-state index contributed by atoms with van der Waals surface area (Å²) in [6.07, 6.45) is 0.115. The van der Waals surface area contributed by atoms with E-state index >= 15 is 0 Å². The zero-order chi connectivity index (χ0) is 15.7. The molecule has 7 heteroatoms. The maximum Gasteiger partial charge on any atom is 0.332 e. The lowest BCUT2D eigenvalue weighted by Gasteiger charge is -2.28. The average Bonchev–Trinajstić information content (AvgIpc) is 2.65. The number of aryl methyl sites for hydroxylation is 1. The van der Waals surface area contributed by atoms with Gasteiger partial charge in [0, 0.05) is 5.69 Å². The van der Waals surface area contributed by atoms with E-state index in [1.54, 1.807) is 19.9 Å². The molecular weight excluding hydrogens is 297 g/mol. The van der Waals surface area contributed by atoms with Crippen LogP contribution in [0.15, 0.2) is 18.2 Å². The smallest absolute Gasteiger partial charge is 0.332 e. The van der Waals surface area contributed by atoms with Crippen molar-refractivity contribution in [3.05, 3.63) is 29.6 Å². The summed E-state index contributed by atoms with van der Waals surface area (Å²) in [5.41, 5.74) is -0.287. The summed E-state index contributed by atoms with van der Waals surface area (Å²) in [7, 11) is -3.31. The number of sulfone groups is 1. The molecule has 1 fully saturated rings. The maximum absolute atomic E-state index is 13.5. The average molecular weight is 315 g/mol. The van der Waals surface area contributed by atoms with E-state index in [0.29, 0.717) is 11.3 Å². The van der Waals surface area contributed by atoms with Crippen molar-refractivity contribution >= 4 is 21.5 Å². The Morgan fingerprint density at radius 1 is 1.43 bits per heavy atom. The predicted molar refractivity (Wildman–Crippen MR) is 77.4 cm³/mol. The fourth-order valence-corrected chi connectivity index (χ4v) is 4.40. The van der Waals surface area contributed by atoms with Gasteiger partial charge in [-0.05, 0) is 44.0 Å². The quantitative estimate of drug-likeness (QED) is 0.856. The maximum atomic E-state index is 13.5. The number of benzene rings is 1. The number of nitrogens with one attached hydrogen (secondary N) is 1. The summed E-state index contributed by atoms with van der Waals surface area (Å²) in [5.74, 6) is -1.49. The van der Waals surface area contributed by atoms with Gasteiger partial charge in [-0.1, -0.05) is 0 Å². The molecule has 1 saturated heterocycles. The van der Waals surface area contributed by atoms with Gasteiger partial charge in [-0.15, -0.1) is 0 Å². The van der Waals surface area contributed by atoms with Gasteiger partial charge in [0.15, 0.2) is 15.4 Å². The first-order valence-corrected chi connectivity index (χ1v) is 8.51. The van der Waals surface area contributed by atoms with Crippen molar-refractivity contribution in [3.63, 3.8) is 0 Å². The second-order valence-corrected chi connectivity index (χ2v) is 7.47. The van der Waals surface area contributed by atoms with Gasteiger partial charge in [0.25, 0.3) is 0 Å². The van der Waals surface area contributed by atoms with Crippen LogP contribution in [-0.2, 0) is 19.4 Å². The van der Waals surface area contributed by atoms with E-state index in [1.165, 1.54) is 12.1 Å².